The summed E-state index contributed by atoms with van der Waals surface area (Å²) in [4.78, 5) is 12.3. The van der Waals surface area contributed by atoms with E-state index in [2.05, 4.69) is 5.32 Å². The number of carbonyl (C=O) groups excluding carboxylic acids is 1. The van der Waals surface area contributed by atoms with E-state index in [-0.39, 0.29) is 28.7 Å². The smallest absolute Gasteiger partial charge is 0.220 e. The molecule has 8 heteroatoms. The molecule has 1 aromatic rings. The molecule has 6 nitrogen and oxygen atoms in total. The Morgan fingerprint density at radius 3 is 2.35 bits per heavy atom. The fourth-order valence-corrected chi connectivity index (χ4v) is 3.78. The molecule has 0 unspecified atom stereocenters. The van der Waals surface area contributed by atoms with Crippen LogP contribution in [0.25, 0.3) is 0 Å². The number of nitrogens with two attached hydrogens (primary N) is 1. The number of rotatable bonds is 9. The minimum absolute atomic E-state index is 0. The van der Waals surface area contributed by atoms with Gasteiger partial charge in [-0.2, -0.15) is 0 Å². The van der Waals surface area contributed by atoms with Gasteiger partial charge >= 0.3 is 0 Å². The Hall–Kier alpha value is -1.31. The molecule has 2 rings (SSSR count). The molecule has 0 saturated heterocycles. The van der Waals surface area contributed by atoms with E-state index in [0.29, 0.717) is 25.3 Å². The molecule has 1 aliphatic rings. The second-order valence-corrected chi connectivity index (χ2v) is 8.80. The maximum atomic E-state index is 12.1. The summed E-state index contributed by atoms with van der Waals surface area (Å²) in [5.41, 5.74) is 5.64. The molecule has 0 heterocycles. The van der Waals surface area contributed by atoms with Crippen molar-refractivity contribution in [1.29, 1.82) is 0 Å². The minimum Gasteiger partial charge on any atom is -0.494 e. The lowest BCUT2D eigenvalue weighted by Crippen LogP contribution is -2.51. The van der Waals surface area contributed by atoms with Gasteiger partial charge in [-0.1, -0.05) is 12.8 Å². The van der Waals surface area contributed by atoms with Gasteiger partial charge in [0.2, 0.25) is 5.91 Å². The van der Waals surface area contributed by atoms with Crippen LogP contribution in [0.1, 0.15) is 44.9 Å². The summed E-state index contributed by atoms with van der Waals surface area (Å²) in [7, 11) is -3.18. The molecule has 1 amide bonds. The Labute approximate surface area is 162 Å². The van der Waals surface area contributed by atoms with Crippen molar-refractivity contribution < 1.29 is 17.9 Å². The van der Waals surface area contributed by atoms with Gasteiger partial charge in [-0.15, -0.1) is 12.4 Å². The number of carbonyl (C=O) groups is 1. The van der Waals surface area contributed by atoms with Gasteiger partial charge in [0, 0.05) is 19.2 Å². The third kappa shape index (κ3) is 6.78. The highest BCUT2D eigenvalue weighted by molar-refractivity contribution is 7.90. The molecule has 3 N–H and O–H groups in total. The molecule has 0 atom stereocenters. The summed E-state index contributed by atoms with van der Waals surface area (Å²) in [6.45, 7) is 0.999. The van der Waals surface area contributed by atoms with Gasteiger partial charge in [0.25, 0.3) is 0 Å². The molecule has 0 aromatic heterocycles. The van der Waals surface area contributed by atoms with Crippen molar-refractivity contribution in [3.8, 4) is 5.75 Å². The number of nitrogens with one attached hydrogen (secondary N) is 1. The fourth-order valence-electron chi connectivity index (χ4n) is 3.15. The second-order valence-electron chi connectivity index (χ2n) is 6.79. The first kappa shape index (κ1) is 22.7. The fraction of sp³-hybridized carbons (Fsp3) is 0.611. The van der Waals surface area contributed by atoms with Gasteiger partial charge in [-0.25, -0.2) is 8.42 Å². The lowest BCUT2D eigenvalue weighted by molar-refractivity contribution is -0.123. The minimum atomic E-state index is -3.18. The zero-order valence-corrected chi connectivity index (χ0v) is 16.8. The predicted octanol–water partition coefficient (Wildman–Crippen LogP) is 2.45. The van der Waals surface area contributed by atoms with Crippen molar-refractivity contribution in [3.63, 3.8) is 0 Å². The first-order valence-corrected chi connectivity index (χ1v) is 10.7. The summed E-state index contributed by atoms with van der Waals surface area (Å²) >= 11 is 0. The number of hydrogen-bond donors (Lipinski definition) is 2. The van der Waals surface area contributed by atoms with E-state index in [9.17, 15) is 13.2 Å². The van der Waals surface area contributed by atoms with E-state index in [1.54, 1.807) is 12.1 Å². The number of amides is 1. The van der Waals surface area contributed by atoms with Crippen LogP contribution in [0.15, 0.2) is 29.2 Å². The first-order chi connectivity index (χ1) is 11.8. The van der Waals surface area contributed by atoms with E-state index >= 15 is 0 Å². The van der Waals surface area contributed by atoms with Crippen LogP contribution < -0.4 is 15.8 Å². The molecule has 0 spiro atoms. The molecule has 1 saturated carbocycles. The van der Waals surface area contributed by atoms with E-state index < -0.39 is 9.84 Å². The van der Waals surface area contributed by atoms with E-state index in [1.807, 2.05) is 0 Å². The van der Waals surface area contributed by atoms with Crippen molar-refractivity contribution in [2.75, 3.05) is 19.4 Å². The Bertz CT molecular complexity index is 671. The first-order valence-electron chi connectivity index (χ1n) is 8.79. The van der Waals surface area contributed by atoms with Gasteiger partial charge in [-0.05, 0) is 49.9 Å². The molecular formula is C18H29ClN2O4S. The summed E-state index contributed by atoms with van der Waals surface area (Å²) < 4.78 is 28.4. The molecule has 1 aliphatic carbocycles. The Morgan fingerprint density at radius 1 is 1.19 bits per heavy atom. The van der Waals surface area contributed by atoms with Crippen molar-refractivity contribution in [3.05, 3.63) is 24.3 Å². The molecule has 0 radical (unpaired) electrons. The van der Waals surface area contributed by atoms with Crippen LogP contribution >= 0.6 is 12.4 Å². The van der Waals surface area contributed by atoms with Gasteiger partial charge in [-0.3, -0.25) is 4.79 Å². The quantitative estimate of drug-likeness (QED) is 0.616. The van der Waals surface area contributed by atoms with Crippen molar-refractivity contribution >= 4 is 28.2 Å². The van der Waals surface area contributed by atoms with Crippen LogP contribution in [-0.4, -0.2) is 39.3 Å². The molecule has 148 valence electrons. The lowest BCUT2D eigenvalue weighted by Gasteiger charge is -2.28. The van der Waals surface area contributed by atoms with Crippen molar-refractivity contribution in [2.45, 2.75) is 55.4 Å². The normalized spacial score (nSPS) is 15.9. The maximum absolute atomic E-state index is 12.1. The third-order valence-corrected chi connectivity index (χ3v) is 5.80. The molecule has 1 fully saturated rings. The lowest BCUT2D eigenvalue weighted by atomic mass is 9.97. The number of benzene rings is 1. The Morgan fingerprint density at radius 2 is 1.81 bits per heavy atom. The van der Waals surface area contributed by atoms with Gasteiger partial charge in [0.05, 0.1) is 17.0 Å². The Balaban J connectivity index is 0.00000338. The van der Waals surface area contributed by atoms with E-state index in [1.165, 1.54) is 18.4 Å². The molecule has 1 aromatic carbocycles. The number of hydrogen-bond acceptors (Lipinski definition) is 5. The number of halogens is 1. The highest BCUT2D eigenvalue weighted by Gasteiger charge is 2.33. The zero-order chi connectivity index (χ0) is 18.3. The maximum Gasteiger partial charge on any atom is 0.220 e. The average molecular weight is 405 g/mol. The van der Waals surface area contributed by atoms with E-state index in [4.69, 9.17) is 10.5 Å². The highest BCUT2D eigenvalue weighted by atomic mass is 35.5. The third-order valence-electron chi connectivity index (χ3n) is 4.67. The highest BCUT2D eigenvalue weighted by Crippen LogP contribution is 2.28. The van der Waals surface area contributed by atoms with Crippen LogP contribution in [-0.2, 0) is 14.6 Å². The van der Waals surface area contributed by atoms with Crippen molar-refractivity contribution in [2.24, 2.45) is 5.73 Å². The summed E-state index contributed by atoms with van der Waals surface area (Å²) in [5, 5.41) is 3.11. The molecule has 26 heavy (non-hydrogen) atoms. The predicted molar refractivity (Wildman–Crippen MR) is 105 cm³/mol. The van der Waals surface area contributed by atoms with Crippen LogP contribution in [0.3, 0.4) is 0 Å². The SMILES string of the molecule is CS(=O)(=O)c1ccc(OCCCCC(=O)NC2(CN)CCCC2)cc1.Cl. The van der Waals surface area contributed by atoms with Crippen molar-refractivity contribution in [1.82, 2.24) is 5.32 Å². The summed E-state index contributed by atoms with van der Waals surface area (Å²) in [6, 6.07) is 6.36. The number of unbranched alkanes of at least 4 members (excludes halogenated alkanes) is 1. The van der Waals surface area contributed by atoms with Gasteiger partial charge in [0.15, 0.2) is 9.84 Å². The molecule has 0 aliphatic heterocycles. The van der Waals surface area contributed by atoms with Crippen LogP contribution in [0.5, 0.6) is 5.75 Å². The Kier molecular flexibility index (Phi) is 8.86. The number of ether oxygens (including phenoxy) is 1. The standard InChI is InChI=1S/C18H28N2O4S.ClH/c1-25(22,23)16-9-7-15(8-10-16)24-13-5-2-6-17(21)20-18(14-19)11-3-4-12-18;/h7-10H,2-6,11-14,19H2,1H3,(H,20,21);1H. The van der Waals surface area contributed by atoms with Gasteiger partial charge in [0.1, 0.15) is 5.75 Å². The summed E-state index contributed by atoms with van der Waals surface area (Å²) in [5.74, 6) is 0.690. The topological polar surface area (TPSA) is 98.5 Å². The number of sulfone groups is 1. The second kappa shape index (κ2) is 10.1. The van der Waals surface area contributed by atoms with Gasteiger partial charge < -0.3 is 15.8 Å². The zero-order valence-electron chi connectivity index (χ0n) is 15.2. The average Bonchev–Trinajstić information content (AvgIpc) is 3.03. The van der Waals surface area contributed by atoms with Crippen LogP contribution in [0, 0.1) is 0 Å². The molecule has 0 bridgehead atoms. The summed E-state index contributed by atoms with van der Waals surface area (Å²) in [6.07, 6.45) is 7.35. The monoisotopic (exact) mass is 404 g/mol. The molecular weight excluding hydrogens is 376 g/mol. The van der Waals surface area contributed by atoms with Crippen LogP contribution in [0.4, 0.5) is 0 Å². The largest absolute Gasteiger partial charge is 0.494 e. The van der Waals surface area contributed by atoms with E-state index in [0.717, 1.165) is 38.5 Å². The van der Waals surface area contributed by atoms with Crippen LogP contribution in [0.2, 0.25) is 0 Å².